The summed E-state index contributed by atoms with van der Waals surface area (Å²) < 4.78 is 10.4. The van der Waals surface area contributed by atoms with E-state index in [2.05, 4.69) is 0 Å². The van der Waals surface area contributed by atoms with Gasteiger partial charge in [-0.2, -0.15) is 0 Å². The monoisotopic (exact) mass is 230 g/mol. The Morgan fingerprint density at radius 1 is 1.62 bits per heavy atom. The Morgan fingerprint density at radius 3 is 3.00 bits per heavy atom. The van der Waals surface area contributed by atoms with Crippen molar-refractivity contribution in [3.05, 3.63) is 0 Å². The summed E-state index contributed by atoms with van der Waals surface area (Å²) in [6.07, 6.45) is 2.17. The second-order valence-electron chi connectivity index (χ2n) is 4.07. The number of carbonyl (C=O) groups is 1. The molecule has 1 rings (SSSR count). The van der Waals surface area contributed by atoms with Gasteiger partial charge in [-0.05, 0) is 19.8 Å². The zero-order valence-electron chi connectivity index (χ0n) is 10.1. The highest BCUT2D eigenvalue weighted by molar-refractivity contribution is 5.81. The van der Waals surface area contributed by atoms with Crippen LogP contribution in [0.2, 0.25) is 0 Å². The normalized spacial score (nSPS) is 23.2. The van der Waals surface area contributed by atoms with E-state index in [0.29, 0.717) is 13.2 Å². The first-order valence-corrected chi connectivity index (χ1v) is 5.84. The van der Waals surface area contributed by atoms with Crippen LogP contribution in [0.3, 0.4) is 0 Å². The highest BCUT2D eigenvalue weighted by Gasteiger charge is 2.27. The summed E-state index contributed by atoms with van der Waals surface area (Å²) in [6.45, 7) is 4.37. The number of carbonyl (C=O) groups excluding carboxylic acids is 1. The van der Waals surface area contributed by atoms with Crippen molar-refractivity contribution in [1.29, 1.82) is 0 Å². The van der Waals surface area contributed by atoms with Gasteiger partial charge < -0.3 is 20.1 Å². The SMILES string of the molecule is CCOC1CCCN(C(=O)C(N)COC)C1. The van der Waals surface area contributed by atoms with Crippen LogP contribution in [0.5, 0.6) is 0 Å². The molecule has 0 radical (unpaired) electrons. The number of nitrogens with zero attached hydrogens (tertiary/aromatic N) is 1. The van der Waals surface area contributed by atoms with Crippen molar-refractivity contribution >= 4 is 5.91 Å². The number of rotatable bonds is 5. The van der Waals surface area contributed by atoms with E-state index >= 15 is 0 Å². The number of methoxy groups -OCH3 is 1. The van der Waals surface area contributed by atoms with Gasteiger partial charge in [-0.3, -0.25) is 4.79 Å². The van der Waals surface area contributed by atoms with E-state index in [4.69, 9.17) is 15.2 Å². The molecule has 94 valence electrons. The summed E-state index contributed by atoms with van der Waals surface area (Å²) in [5.41, 5.74) is 5.72. The van der Waals surface area contributed by atoms with Gasteiger partial charge in [0.25, 0.3) is 0 Å². The minimum absolute atomic E-state index is 0.0359. The number of hydrogen-bond donors (Lipinski definition) is 1. The zero-order chi connectivity index (χ0) is 12.0. The van der Waals surface area contributed by atoms with Crippen LogP contribution in [0.1, 0.15) is 19.8 Å². The summed E-state index contributed by atoms with van der Waals surface area (Å²) >= 11 is 0. The number of piperidine rings is 1. The molecule has 2 unspecified atom stereocenters. The molecule has 0 bridgehead atoms. The molecule has 5 heteroatoms. The lowest BCUT2D eigenvalue weighted by Gasteiger charge is -2.33. The van der Waals surface area contributed by atoms with Crippen molar-refractivity contribution in [3.8, 4) is 0 Å². The molecule has 0 aromatic carbocycles. The fraction of sp³-hybridized carbons (Fsp3) is 0.909. The minimum Gasteiger partial charge on any atom is -0.383 e. The molecule has 0 aromatic rings. The number of ether oxygens (including phenoxy) is 2. The average Bonchev–Trinajstić information content (AvgIpc) is 2.29. The van der Waals surface area contributed by atoms with Crippen molar-refractivity contribution in [2.45, 2.75) is 31.9 Å². The standard InChI is InChI=1S/C11H22N2O3/c1-3-16-9-5-4-6-13(7-9)11(14)10(12)8-15-2/h9-10H,3-8,12H2,1-2H3. The van der Waals surface area contributed by atoms with Gasteiger partial charge in [0.1, 0.15) is 6.04 Å². The lowest BCUT2D eigenvalue weighted by molar-refractivity contribution is -0.137. The van der Waals surface area contributed by atoms with Crippen molar-refractivity contribution < 1.29 is 14.3 Å². The van der Waals surface area contributed by atoms with Crippen LogP contribution in [-0.2, 0) is 14.3 Å². The molecule has 1 aliphatic heterocycles. The van der Waals surface area contributed by atoms with Gasteiger partial charge in [0, 0.05) is 26.8 Å². The van der Waals surface area contributed by atoms with E-state index in [-0.39, 0.29) is 18.6 Å². The van der Waals surface area contributed by atoms with Gasteiger partial charge in [-0.15, -0.1) is 0 Å². The molecule has 2 N–H and O–H groups in total. The third-order valence-electron chi connectivity index (χ3n) is 2.76. The van der Waals surface area contributed by atoms with Gasteiger partial charge in [0.15, 0.2) is 0 Å². The van der Waals surface area contributed by atoms with E-state index in [0.717, 1.165) is 19.4 Å². The fourth-order valence-electron chi connectivity index (χ4n) is 2.00. The van der Waals surface area contributed by atoms with E-state index in [1.165, 1.54) is 0 Å². The number of nitrogens with two attached hydrogens (primary N) is 1. The van der Waals surface area contributed by atoms with Crippen LogP contribution in [0.25, 0.3) is 0 Å². The third kappa shape index (κ3) is 3.73. The Labute approximate surface area is 96.9 Å². The molecular weight excluding hydrogens is 208 g/mol. The van der Waals surface area contributed by atoms with Crippen molar-refractivity contribution in [3.63, 3.8) is 0 Å². The largest absolute Gasteiger partial charge is 0.383 e. The molecule has 0 aliphatic carbocycles. The summed E-state index contributed by atoms with van der Waals surface area (Å²) in [4.78, 5) is 13.7. The van der Waals surface area contributed by atoms with Crippen molar-refractivity contribution in [1.82, 2.24) is 4.90 Å². The molecule has 1 aliphatic rings. The highest BCUT2D eigenvalue weighted by atomic mass is 16.5. The predicted molar refractivity (Wildman–Crippen MR) is 61.1 cm³/mol. The highest BCUT2D eigenvalue weighted by Crippen LogP contribution is 2.13. The second kappa shape index (κ2) is 6.83. The first kappa shape index (κ1) is 13.4. The maximum Gasteiger partial charge on any atom is 0.241 e. The topological polar surface area (TPSA) is 64.8 Å². The van der Waals surface area contributed by atoms with E-state index < -0.39 is 6.04 Å². The quantitative estimate of drug-likeness (QED) is 0.721. The van der Waals surface area contributed by atoms with Crippen molar-refractivity contribution in [2.24, 2.45) is 5.73 Å². The van der Waals surface area contributed by atoms with Gasteiger partial charge in [0.05, 0.1) is 12.7 Å². The maximum atomic E-state index is 11.9. The molecule has 1 fully saturated rings. The summed E-state index contributed by atoms with van der Waals surface area (Å²) in [5, 5.41) is 0. The van der Waals surface area contributed by atoms with Gasteiger partial charge >= 0.3 is 0 Å². The van der Waals surface area contributed by atoms with Crippen LogP contribution in [0.4, 0.5) is 0 Å². The first-order chi connectivity index (χ1) is 7.69. The lowest BCUT2D eigenvalue weighted by Crippen LogP contribution is -2.51. The van der Waals surface area contributed by atoms with Gasteiger partial charge in [0.2, 0.25) is 5.91 Å². The zero-order valence-corrected chi connectivity index (χ0v) is 10.1. The van der Waals surface area contributed by atoms with Crippen LogP contribution in [0.15, 0.2) is 0 Å². The molecular formula is C11H22N2O3. The van der Waals surface area contributed by atoms with Crippen molar-refractivity contribution in [2.75, 3.05) is 33.4 Å². The summed E-state index contributed by atoms with van der Waals surface area (Å²) in [7, 11) is 1.55. The molecule has 0 saturated carbocycles. The Kier molecular flexibility index (Phi) is 5.73. The Hall–Kier alpha value is -0.650. The van der Waals surface area contributed by atoms with E-state index in [1.54, 1.807) is 12.0 Å². The first-order valence-electron chi connectivity index (χ1n) is 5.84. The van der Waals surface area contributed by atoms with Crippen LogP contribution >= 0.6 is 0 Å². The molecule has 0 spiro atoms. The number of amides is 1. The Bertz CT molecular complexity index is 221. The van der Waals surface area contributed by atoms with Gasteiger partial charge in [-0.1, -0.05) is 0 Å². The molecule has 1 amide bonds. The molecule has 16 heavy (non-hydrogen) atoms. The fourth-order valence-corrected chi connectivity index (χ4v) is 2.00. The lowest BCUT2D eigenvalue weighted by atomic mass is 10.1. The second-order valence-corrected chi connectivity index (χ2v) is 4.07. The summed E-state index contributed by atoms with van der Waals surface area (Å²) in [6, 6.07) is -0.551. The molecule has 0 aromatic heterocycles. The molecule has 1 heterocycles. The third-order valence-corrected chi connectivity index (χ3v) is 2.76. The minimum atomic E-state index is -0.551. The Morgan fingerprint density at radius 2 is 2.38 bits per heavy atom. The van der Waals surface area contributed by atoms with Gasteiger partial charge in [-0.25, -0.2) is 0 Å². The van der Waals surface area contributed by atoms with Crippen LogP contribution < -0.4 is 5.73 Å². The smallest absolute Gasteiger partial charge is 0.241 e. The van der Waals surface area contributed by atoms with Crippen LogP contribution in [-0.4, -0.2) is 56.4 Å². The molecule has 5 nitrogen and oxygen atoms in total. The number of likely N-dealkylation sites (tertiary alicyclic amines) is 1. The van der Waals surface area contributed by atoms with E-state index in [9.17, 15) is 4.79 Å². The molecule has 1 saturated heterocycles. The predicted octanol–water partition coefficient (Wildman–Crippen LogP) is -0.0124. The number of hydrogen-bond acceptors (Lipinski definition) is 4. The maximum absolute atomic E-state index is 11.9. The van der Waals surface area contributed by atoms with E-state index in [1.807, 2.05) is 6.92 Å². The average molecular weight is 230 g/mol. The Balaban J connectivity index is 2.43. The summed E-state index contributed by atoms with van der Waals surface area (Å²) in [5.74, 6) is -0.0359. The molecule has 2 atom stereocenters. The van der Waals surface area contributed by atoms with Crippen LogP contribution in [0, 0.1) is 0 Å².